The molecule has 2 rings (SSSR count). The number of carbonyl (C=O) groups is 1. The average molecular weight is 250 g/mol. The van der Waals surface area contributed by atoms with Gasteiger partial charge in [-0.15, -0.1) is 0 Å². The van der Waals surface area contributed by atoms with Crippen LogP contribution in [-0.4, -0.2) is 11.9 Å². The lowest BCUT2D eigenvalue weighted by Crippen LogP contribution is -2.43. The maximum Gasteiger partial charge on any atom is 0.224 e. The normalized spacial score (nSPS) is 23.7. The number of halogens is 1. The van der Waals surface area contributed by atoms with Crippen molar-refractivity contribution in [2.24, 2.45) is 11.7 Å². The molecule has 18 heavy (non-hydrogen) atoms. The Morgan fingerprint density at radius 3 is 2.89 bits per heavy atom. The molecule has 1 fully saturated rings. The summed E-state index contributed by atoms with van der Waals surface area (Å²) in [5.74, 6) is -0.380. The van der Waals surface area contributed by atoms with E-state index in [1.165, 1.54) is 12.1 Å². The van der Waals surface area contributed by atoms with Gasteiger partial charge in [-0.2, -0.15) is 0 Å². The zero-order chi connectivity index (χ0) is 13.0. The molecule has 1 aromatic carbocycles. The van der Waals surface area contributed by atoms with Crippen molar-refractivity contribution in [3.05, 3.63) is 35.6 Å². The van der Waals surface area contributed by atoms with Crippen LogP contribution in [0.2, 0.25) is 0 Å². The molecular weight excluding hydrogens is 231 g/mol. The van der Waals surface area contributed by atoms with E-state index in [1.807, 2.05) is 0 Å². The lowest BCUT2D eigenvalue weighted by atomic mass is 9.84. The van der Waals surface area contributed by atoms with Crippen LogP contribution < -0.4 is 11.1 Å². The van der Waals surface area contributed by atoms with Crippen LogP contribution >= 0.6 is 0 Å². The second-order valence-electron chi connectivity index (χ2n) is 4.90. The number of amides is 1. The molecule has 0 heterocycles. The Balaban J connectivity index is 1.88. The van der Waals surface area contributed by atoms with E-state index in [4.69, 9.17) is 5.73 Å². The predicted octanol–water partition coefficient (Wildman–Crippen LogP) is 1.96. The fourth-order valence-electron chi connectivity index (χ4n) is 2.45. The van der Waals surface area contributed by atoms with Crippen molar-refractivity contribution in [3.63, 3.8) is 0 Å². The van der Waals surface area contributed by atoms with Gasteiger partial charge < -0.3 is 11.1 Å². The Kier molecular flexibility index (Phi) is 4.31. The van der Waals surface area contributed by atoms with Gasteiger partial charge in [0.25, 0.3) is 0 Å². The minimum absolute atomic E-state index is 0.00791. The van der Waals surface area contributed by atoms with Gasteiger partial charge in [0.2, 0.25) is 5.91 Å². The van der Waals surface area contributed by atoms with E-state index in [-0.39, 0.29) is 23.7 Å². The maximum absolute atomic E-state index is 13.0. The van der Waals surface area contributed by atoms with Crippen molar-refractivity contribution in [2.45, 2.75) is 38.3 Å². The van der Waals surface area contributed by atoms with Gasteiger partial charge in [0.1, 0.15) is 5.82 Å². The number of benzene rings is 1. The molecule has 3 nitrogen and oxygen atoms in total. The third-order valence-corrected chi connectivity index (χ3v) is 3.51. The minimum Gasteiger partial charge on any atom is -0.352 e. The van der Waals surface area contributed by atoms with Crippen LogP contribution in [-0.2, 0) is 11.3 Å². The van der Waals surface area contributed by atoms with Crippen LogP contribution in [0.25, 0.3) is 0 Å². The van der Waals surface area contributed by atoms with E-state index in [0.717, 1.165) is 31.2 Å². The first-order valence-electron chi connectivity index (χ1n) is 6.44. The van der Waals surface area contributed by atoms with Crippen molar-refractivity contribution in [1.29, 1.82) is 0 Å². The number of carbonyl (C=O) groups excluding carboxylic acids is 1. The van der Waals surface area contributed by atoms with Crippen LogP contribution in [0.3, 0.4) is 0 Å². The first-order chi connectivity index (χ1) is 8.66. The van der Waals surface area contributed by atoms with Crippen LogP contribution in [0, 0.1) is 11.7 Å². The fraction of sp³-hybridized carbons (Fsp3) is 0.500. The van der Waals surface area contributed by atoms with E-state index in [9.17, 15) is 9.18 Å². The summed E-state index contributed by atoms with van der Waals surface area (Å²) < 4.78 is 13.0. The zero-order valence-corrected chi connectivity index (χ0v) is 10.4. The van der Waals surface area contributed by atoms with Gasteiger partial charge in [-0.3, -0.25) is 4.79 Å². The molecule has 1 aromatic rings. The number of rotatable bonds is 3. The summed E-state index contributed by atoms with van der Waals surface area (Å²) >= 11 is 0. The molecule has 1 aliphatic rings. The zero-order valence-electron chi connectivity index (χ0n) is 10.4. The van der Waals surface area contributed by atoms with Gasteiger partial charge in [-0.05, 0) is 30.5 Å². The van der Waals surface area contributed by atoms with E-state index in [2.05, 4.69) is 5.32 Å². The Bertz CT molecular complexity index is 422. The summed E-state index contributed by atoms with van der Waals surface area (Å²) in [6.07, 6.45) is 3.94. The quantitative estimate of drug-likeness (QED) is 0.861. The molecule has 3 N–H and O–H groups in total. The Morgan fingerprint density at radius 2 is 2.17 bits per heavy atom. The predicted molar refractivity (Wildman–Crippen MR) is 68.2 cm³/mol. The van der Waals surface area contributed by atoms with Gasteiger partial charge in [0.05, 0.1) is 5.92 Å². The first kappa shape index (κ1) is 13.0. The SMILES string of the molecule is NC1CCCCC1C(=O)NCc1cccc(F)c1. The third kappa shape index (κ3) is 3.29. The summed E-state index contributed by atoms with van der Waals surface area (Å²) in [5, 5.41) is 2.84. The second kappa shape index (κ2) is 5.96. The molecule has 0 bridgehead atoms. The standard InChI is InChI=1S/C14H19FN2O/c15-11-5-3-4-10(8-11)9-17-14(18)12-6-1-2-7-13(12)16/h3-5,8,12-13H,1-2,6-7,9,16H2,(H,17,18). The number of hydrogen-bond donors (Lipinski definition) is 2. The average Bonchev–Trinajstić information content (AvgIpc) is 2.37. The number of hydrogen-bond acceptors (Lipinski definition) is 2. The molecule has 2 unspecified atom stereocenters. The highest BCUT2D eigenvalue weighted by Crippen LogP contribution is 2.23. The maximum atomic E-state index is 13.0. The monoisotopic (exact) mass is 250 g/mol. The highest BCUT2D eigenvalue weighted by Gasteiger charge is 2.27. The topological polar surface area (TPSA) is 55.1 Å². The van der Waals surface area contributed by atoms with E-state index < -0.39 is 0 Å². The fourth-order valence-corrected chi connectivity index (χ4v) is 2.45. The third-order valence-electron chi connectivity index (χ3n) is 3.51. The summed E-state index contributed by atoms with van der Waals surface area (Å²) in [4.78, 5) is 12.0. The molecule has 0 aromatic heterocycles. The van der Waals surface area contributed by atoms with Crippen LogP contribution in [0.1, 0.15) is 31.2 Å². The molecular formula is C14H19FN2O. The smallest absolute Gasteiger partial charge is 0.224 e. The molecule has 2 atom stereocenters. The molecule has 0 aliphatic heterocycles. The highest BCUT2D eigenvalue weighted by atomic mass is 19.1. The van der Waals surface area contributed by atoms with Crippen molar-refractivity contribution in [2.75, 3.05) is 0 Å². The van der Waals surface area contributed by atoms with E-state index in [0.29, 0.717) is 6.54 Å². The lowest BCUT2D eigenvalue weighted by molar-refractivity contribution is -0.126. The van der Waals surface area contributed by atoms with E-state index in [1.54, 1.807) is 12.1 Å². The largest absolute Gasteiger partial charge is 0.352 e. The Hall–Kier alpha value is -1.42. The van der Waals surface area contributed by atoms with Gasteiger partial charge in [0.15, 0.2) is 0 Å². The van der Waals surface area contributed by atoms with Gasteiger partial charge in [0, 0.05) is 12.6 Å². The van der Waals surface area contributed by atoms with Crippen molar-refractivity contribution in [3.8, 4) is 0 Å². The molecule has 98 valence electrons. The van der Waals surface area contributed by atoms with Crippen molar-refractivity contribution < 1.29 is 9.18 Å². The highest BCUT2D eigenvalue weighted by molar-refractivity contribution is 5.79. The van der Waals surface area contributed by atoms with Crippen molar-refractivity contribution >= 4 is 5.91 Å². The summed E-state index contributed by atoms with van der Waals surface area (Å²) in [6.45, 7) is 0.361. The van der Waals surface area contributed by atoms with Crippen LogP contribution in [0.15, 0.2) is 24.3 Å². The molecule has 4 heteroatoms. The summed E-state index contributed by atoms with van der Waals surface area (Å²) in [5.41, 5.74) is 6.72. The van der Waals surface area contributed by atoms with Crippen molar-refractivity contribution in [1.82, 2.24) is 5.32 Å². The second-order valence-corrected chi connectivity index (χ2v) is 4.90. The molecule has 0 saturated heterocycles. The van der Waals surface area contributed by atoms with Gasteiger partial charge >= 0.3 is 0 Å². The van der Waals surface area contributed by atoms with Gasteiger partial charge in [-0.1, -0.05) is 25.0 Å². The number of nitrogens with one attached hydrogen (secondary N) is 1. The Morgan fingerprint density at radius 1 is 1.39 bits per heavy atom. The molecule has 1 aliphatic carbocycles. The molecule has 1 amide bonds. The molecule has 1 saturated carbocycles. The molecule has 0 spiro atoms. The number of nitrogens with two attached hydrogens (primary N) is 1. The molecule has 0 radical (unpaired) electrons. The van der Waals surface area contributed by atoms with E-state index >= 15 is 0 Å². The lowest BCUT2D eigenvalue weighted by Gasteiger charge is -2.27. The Labute approximate surface area is 107 Å². The minimum atomic E-state index is -0.281. The van der Waals surface area contributed by atoms with Crippen LogP contribution in [0.5, 0.6) is 0 Å². The summed E-state index contributed by atoms with van der Waals surface area (Å²) in [7, 11) is 0. The first-order valence-corrected chi connectivity index (χ1v) is 6.44. The summed E-state index contributed by atoms with van der Waals surface area (Å²) in [6, 6.07) is 6.22. The van der Waals surface area contributed by atoms with Crippen LogP contribution in [0.4, 0.5) is 4.39 Å². The van der Waals surface area contributed by atoms with Gasteiger partial charge in [-0.25, -0.2) is 4.39 Å².